The molecule has 1 heterocycles. The lowest BCUT2D eigenvalue weighted by molar-refractivity contribution is 0.377. The molecule has 0 bridgehead atoms. The first-order chi connectivity index (χ1) is 11.6. The van der Waals surface area contributed by atoms with E-state index in [9.17, 15) is 0 Å². The number of hydrogen-bond donors (Lipinski definition) is 0. The van der Waals surface area contributed by atoms with Gasteiger partial charge in [-0.2, -0.15) is 0 Å². The van der Waals surface area contributed by atoms with Crippen LogP contribution in [0.15, 0.2) is 48.5 Å². The van der Waals surface area contributed by atoms with Crippen LogP contribution >= 0.6 is 23.2 Å². The second-order valence-electron chi connectivity index (χ2n) is 6.10. The number of hydrogen-bond acceptors (Lipinski definition) is 2. The summed E-state index contributed by atoms with van der Waals surface area (Å²) in [5.41, 5.74) is 2.50. The predicted molar refractivity (Wildman–Crippen MR) is 102 cm³/mol. The molecule has 0 aliphatic carbocycles. The van der Waals surface area contributed by atoms with Gasteiger partial charge in [0.25, 0.3) is 0 Å². The Kier molecular flexibility index (Phi) is 5.83. The lowest BCUT2D eigenvalue weighted by Gasteiger charge is -2.12. The van der Waals surface area contributed by atoms with E-state index in [0.29, 0.717) is 15.8 Å². The van der Waals surface area contributed by atoms with Crippen LogP contribution in [0.5, 0.6) is 11.5 Å². The highest BCUT2D eigenvalue weighted by molar-refractivity contribution is 6.35. The molecule has 24 heavy (non-hydrogen) atoms. The van der Waals surface area contributed by atoms with E-state index in [4.69, 9.17) is 27.9 Å². The summed E-state index contributed by atoms with van der Waals surface area (Å²) in [5.74, 6) is 1.37. The SMILES string of the molecule is C/C(=C/CN1CCCC1)c1ccc(Oc2ccc(Cl)cc2Cl)cc1. The third-order valence-corrected chi connectivity index (χ3v) is 4.82. The summed E-state index contributed by atoms with van der Waals surface area (Å²) in [6.45, 7) is 5.63. The Balaban J connectivity index is 1.65. The first kappa shape index (κ1) is 17.3. The van der Waals surface area contributed by atoms with Crippen LogP contribution in [0, 0.1) is 0 Å². The van der Waals surface area contributed by atoms with Crippen LogP contribution in [0.4, 0.5) is 0 Å². The van der Waals surface area contributed by atoms with Gasteiger partial charge in [-0.1, -0.05) is 41.4 Å². The van der Waals surface area contributed by atoms with Gasteiger partial charge in [-0.05, 0) is 74.3 Å². The molecule has 0 unspecified atom stereocenters. The van der Waals surface area contributed by atoms with Gasteiger partial charge in [0, 0.05) is 11.6 Å². The van der Waals surface area contributed by atoms with Crippen LogP contribution in [0.2, 0.25) is 10.0 Å². The Morgan fingerprint density at radius 3 is 2.46 bits per heavy atom. The van der Waals surface area contributed by atoms with Gasteiger partial charge in [-0.15, -0.1) is 0 Å². The molecule has 3 rings (SSSR count). The maximum absolute atomic E-state index is 6.14. The lowest BCUT2D eigenvalue weighted by atomic mass is 10.1. The summed E-state index contributed by atoms with van der Waals surface area (Å²) in [5, 5.41) is 1.11. The second-order valence-corrected chi connectivity index (χ2v) is 6.94. The Hall–Kier alpha value is -1.48. The number of nitrogens with zero attached hydrogens (tertiary/aromatic N) is 1. The molecule has 4 heteroatoms. The summed E-state index contributed by atoms with van der Waals surface area (Å²) in [6.07, 6.45) is 4.95. The molecule has 2 aromatic carbocycles. The Labute approximate surface area is 153 Å². The molecule has 1 aliphatic heterocycles. The second kappa shape index (κ2) is 8.06. The fourth-order valence-electron chi connectivity index (χ4n) is 2.82. The molecule has 0 N–H and O–H groups in total. The van der Waals surface area contributed by atoms with Gasteiger partial charge in [0.1, 0.15) is 11.5 Å². The molecule has 1 fully saturated rings. The number of ether oxygens (including phenoxy) is 1. The Bertz CT molecular complexity index is 719. The summed E-state index contributed by atoms with van der Waals surface area (Å²) in [6, 6.07) is 13.3. The van der Waals surface area contributed by atoms with Crippen molar-refractivity contribution in [2.75, 3.05) is 19.6 Å². The zero-order chi connectivity index (χ0) is 16.9. The van der Waals surface area contributed by atoms with E-state index >= 15 is 0 Å². The normalized spacial score (nSPS) is 15.7. The number of likely N-dealkylation sites (tertiary alicyclic amines) is 1. The molecule has 2 nitrogen and oxygen atoms in total. The quantitative estimate of drug-likeness (QED) is 0.620. The maximum Gasteiger partial charge on any atom is 0.146 e. The molecular weight excluding hydrogens is 341 g/mol. The molecule has 0 amide bonds. The van der Waals surface area contributed by atoms with Gasteiger partial charge < -0.3 is 4.74 Å². The topological polar surface area (TPSA) is 12.5 Å². The molecule has 0 radical (unpaired) electrons. The van der Waals surface area contributed by atoms with E-state index in [1.54, 1.807) is 18.2 Å². The third kappa shape index (κ3) is 4.54. The van der Waals surface area contributed by atoms with E-state index in [0.717, 1.165) is 12.3 Å². The third-order valence-electron chi connectivity index (χ3n) is 4.29. The minimum atomic E-state index is 0.508. The van der Waals surface area contributed by atoms with Crippen molar-refractivity contribution >= 4 is 28.8 Å². The van der Waals surface area contributed by atoms with Gasteiger partial charge in [0.15, 0.2) is 0 Å². The highest BCUT2D eigenvalue weighted by Crippen LogP contribution is 2.32. The van der Waals surface area contributed by atoms with Crippen molar-refractivity contribution in [3.63, 3.8) is 0 Å². The predicted octanol–water partition coefficient (Wildman–Crippen LogP) is 6.28. The van der Waals surface area contributed by atoms with Gasteiger partial charge in [-0.3, -0.25) is 4.90 Å². The van der Waals surface area contributed by atoms with Crippen LogP contribution in [-0.4, -0.2) is 24.5 Å². The van der Waals surface area contributed by atoms with Gasteiger partial charge >= 0.3 is 0 Å². The monoisotopic (exact) mass is 361 g/mol. The summed E-state index contributed by atoms with van der Waals surface area (Å²) in [4.78, 5) is 2.49. The smallest absolute Gasteiger partial charge is 0.146 e. The van der Waals surface area contributed by atoms with Gasteiger partial charge in [0.05, 0.1) is 5.02 Å². The van der Waals surface area contributed by atoms with E-state index in [-0.39, 0.29) is 0 Å². The molecule has 1 saturated heterocycles. The molecule has 2 aromatic rings. The van der Waals surface area contributed by atoms with Crippen LogP contribution in [0.3, 0.4) is 0 Å². The summed E-state index contributed by atoms with van der Waals surface area (Å²) in [7, 11) is 0. The first-order valence-electron chi connectivity index (χ1n) is 8.24. The van der Waals surface area contributed by atoms with E-state index in [1.807, 2.05) is 12.1 Å². The Morgan fingerprint density at radius 2 is 1.79 bits per heavy atom. The van der Waals surface area contributed by atoms with E-state index in [1.165, 1.54) is 37.1 Å². The number of rotatable bonds is 5. The van der Waals surface area contributed by atoms with Crippen molar-refractivity contribution in [2.45, 2.75) is 19.8 Å². The maximum atomic E-state index is 6.14. The largest absolute Gasteiger partial charge is 0.456 e. The fraction of sp³-hybridized carbons (Fsp3) is 0.300. The summed E-state index contributed by atoms with van der Waals surface area (Å²) < 4.78 is 5.82. The zero-order valence-electron chi connectivity index (χ0n) is 13.8. The molecule has 1 aliphatic rings. The molecular formula is C20H21Cl2NO. The van der Waals surface area contributed by atoms with Crippen molar-refractivity contribution in [2.24, 2.45) is 0 Å². The van der Waals surface area contributed by atoms with Crippen molar-refractivity contribution in [3.05, 3.63) is 64.1 Å². The average Bonchev–Trinajstić information content (AvgIpc) is 3.09. The fourth-order valence-corrected chi connectivity index (χ4v) is 3.27. The van der Waals surface area contributed by atoms with Crippen LogP contribution in [0.1, 0.15) is 25.3 Å². The Morgan fingerprint density at radius 1 is 1.08 bits per heavy atom. The molecule has 0 aromatic heterocycles. The van der Waals surface area contributed by atoms with Crippen molar-refractivity contribution in [1.82, 2.24) is 4.90 Å². The standard InChI is InChI=1S/C20H21Cl2NO/c1-15(10-13-23-11-2-3-12-23)16-4-7-18(8-5-16)24-20-9-6-17(21)14-19(20)22/h4-10,14H,2-3,11-13H2,1H3/b15-10-. The average molecular weight is 362 g/mol. The summed E-state index contributed by atoms with van der Waals surface area (Å²) >= 11 is 12.0. The minimum absolute atomic E-state index is 0.508. The van der Waals surface area contributed by atoms with Crippen molar-refractivity contribution in [1.29, 1.82) is 0 Å². The van der Waals surface area contributed by atoms with Crippen molar-refractivity contribution in [3.8, 4) is 11.5 Å². The molecule has 0 saturated carbocycles. The number of halogens is 2. The zero-order valence-corrected chi connectivity index (χ0v) is 15.3. The molecule has 0 atom stereocenters. The van der Waals surface area contributed by atoms with Gasteiger partial charge in [-0.25, -0.2) is 0 Å². The van der Waals surface area contributed by atoms with E-state index < -0.39 is 0 Å². The molecule has 126 valence electrons. The minimum Gasteiger partial charge on any atom is -0.456 e. The number of allylic oxidation sites excluding steroid dienone is 1. The molecule has 0 spiro atoms. The lowest BCUT2D eigenvalue weighted by Crippen LogP contribution is -2.18. The van der Waals surface area contributed by atoms with Crippen molar-refractivity contribution < 1.29 is 4.74 Å². The van der Waals surface area contributed by atoms with Gasteiger partial charge in [0.2, 0.25) is 0 Å². The highest BCUT2D eigenvalue weighted by Gasteiger charge is 2.09. The van der Waals surface area contributed by atoms with Crippen LogP contribution in [0.25, 0.3) is 5.57 Å². The van der Waals surface area contributed by atoms with Crippen LogP contribution < -0.4 is 4.74 Å². The highest BCUT2D eigenvalue weighted by atomic mass is 35.5. The number of benzene rings is 2. The first-order valence-corrected chi connectivity index (χ1v) is 9.00. The van der Waals surface area contributed by atoms with Crippen LogP contribution in [-0.2, 0) is 0 Å². The van der Waals surface area contributed by atoms with E-state index in [2.05, 4.69) is 30.0 Å².